The number of ether oxygens (including phenoxy) is 1. The second-order valence-corrected chi connectivity index (χ2v) is 3.98. The van der Waals surface area contributed by atoms with Crippen LogP contribution in [0.1, 0.15) is 23.7 Å². The molecule has 0 amide bonds. The zero-order valence-corrected chi connectivity index (χ0v) is 10.4. The molecule has 0 radical (unpaired) electrons. The largest absolute Gasteiger partial charge is 0.496 e. The number of nitrogens with zero attached hydrogens (tertiary/aromatic N) is 3. The van der Waals surface area contributed by atoms with Gasteiger partial charge in [0.05, 0.1) is 13.2 Å². The van der Waals surface area contributed by atoms with Gasteiger partial charge in [0.15, 0.2) is 0 Å². The number of benzene rings is 1. The smallest absolute Gasteiger partial charge is 0.122 e. The average molecular weight is 251 g/mol. The number of methoxy groups -OCH3 is 1. The lowest BCUT2D eigenvalue weighted by Gasteiger charge is -2.18. The summed E-state index contributed by atoms with van der Waals surface area (Å²) in [6, 6.07) is 5.24. The molecule has 0 heterocycles. The molecule has 1 aromatic rings. The normalized spacial score (nSPS) is 13.6. The predicted octanol–water partition coefficient (Wildman–Crippen LogP) is 2.10. The fourth-order valence-electron chi connectivity index (χ4n) is 1.64. The van der Waals surface area contributed by atoms with Crippen molar-refractivity contribution in [1.82, 2.24) is 0 Å². The Bertz CT molecular complexity index is 444. The van der Waals surface area contributed by atoms with Crippen LogP contribution in [0, 0.1) is 6.92 Å². The molecule has 0 spiro atoms. The zero-order valence-electron chi connectivity index (χ0n) is 10.4. The maximum atomic E-state index is 9.96. The first kappa shape index (κ1) is 14.3. The van der Waals surface area contributed by atoms with E-state index in [4.69, 9.17) is 10.3 Å². The minimum Gasteiger partial charge on any atom is -0.496 e. The van der Waals surface area contributed by atoms with Crippen LogP contribution in [0.25, 0.3) is 10.4 Å². The molecule has 6 heteroatoms. The molecule has 6 nitrogen and oxygen atoms in total. The third kappa shape index (κ3) is 3.63. The molecule has 0 aliphatic heterocycles. The van der Waals surface area contributed by atoms with Crippen molar-refractivity contribution in [1.29, 1.82) is 0 Å². The molecule has 0 fully saturated rings. The third-order valence-corrected chi connectivity index (χ3v) is 2.73. The van der Waals surface area contributed by atoms with Crippen LogP contribution >= 0.6 is 0 Å². The van der Waals surface area contributed by atoms with Crippen molar-refractivity contribution in [3.63, 3.8) is 0 Å². The lowest BCUT2D eigenvalue weighted by atomic mass is 10.0. The van der Waals surface area contributed by atoms with Crippen molar-refractivity contribution in [2.24, 2.45) is 5.11 Å². The maximum Gasteiger partial charge on any atom is 0.122 e. The van der Waals surface area contributed by atoms with Gasteiger partial charge in [-0.15, -0.1) is 0 Å². The summed E-state index contributed by atoms with van der Waals surface area (Å²) in [7, 11) is 1.55. The van der Waals surface area contributed by atoms with E-state index in [1.165, 1.54) is 0 Å². The number of aliphatic hydroxyl groups is 2. The van der Waals surface area contributed by atoms with Crippen LogP contribution in [0.2, 0.25) is 0 Å². The van der Waals surface area contributed by atoms with E-state index in [1.54, 1.807) is 19.2 Å². The third-order valence-electron chi connectivity index (χ3n) is 2.73. The van der Waals surface area contributed by atoms with Gasteiger partial charge in [-0.1, -0.05) is 17.2 Å². The highest BCUT2D eigenvalue weighted by Gasteiger charge is 2.18. The monoisotopic (exact) mass is 251 g/mol. The standard InChI is InChI=1S/C12H17N3O3/c1-8-3-4-9(7-11(8)18-2)12(17)10(16)5-6-14-15-13/h3-4,7,10,12,16-17H,5-6H2,1-2H3. The number of rotatable bonds is 6. The van der Waals surface area contributed by atoms with E-state index in [9.17, 15) is 10.2 Å². The minimum absolute atomic E-state index is 0.151. The fourth-order valence-corrected chi connectivity index (χ4v) is 1.64. The van der Waals surface area contributed by atoms with E-state index in [0.717, 1.165) is 5.56 Å². The van der Waals surface area contributed by atoms with Crippen LogP contribution in [0.4, 0.5) is 0 Å². The summed E-state index contributed by atoms with van der Waals surface area (Å²) in [6.07, 6.45) is -1.78. The molecule has 1 rings (SSSR count). The average Bonchev–Trinajstić information content (AvgIpc) is 2.38. The van der Waals surface area contributed by atoms with E-state index in [1.807, 2.05) is 13.0 Å². The summed E-state index contributed by atoms with van der Waals surface area (Å²) in [5, 5.41) is 23.0. The van der Waals surface area contributed by atoms with Gasteiger partial charge < -0.3 is 14.9 Å². The van der Waals surface area contributed by atoms with Crippen LogP contribution in [-0.4, -0.2) is 30.0 Å². The second-order valence-electron chi connectivity index (χ2n) is 3.98. The van der Waals surface area contributed by atoms with Gasteiger partial charge in [-0.25, -0.2) is 0 Å². The van der Waals surface area contributed by atoms with Crippen LogP contribution in [0.3, 0.4) is 0 Å². The van der Waals surface area contributed by atoms with Crippen molar-refractivity contribution in [2.45, 2.75) is 25.6 Å². The summed E-state index contributed by atoms with van der Waals surface area (Å²) in [5.41, 5.74) is 9.66. The molecular weight excluding hydrogens is 234 g/mol. The molecule has 2 unspecified atom stereocenters. The second kappa shape index (κ2) is 6.86. The molecule has 0 aliphatic rings. The van der Waals surface area contributed by atoms with E-state index >= 15 is 0 Å². The Morgan fingerprint density at radius 2 is 2.17 bits per heavy atom. The first-order valence-corrected chi connectivity index (χ1v) is 5.61. The molecule has 0 aliphatic carbocycles. The van der Waals surface area contributed by atoms with Gasteiger partial charge in [0.25, 0.3) is 0 Å². The Labute approximate surface area is 105 Å². The van der Waals surface area contributed by atoms with Crippen LogP contribution in [-0.2, 0) is 0 Å². The Balaban J connectivity index is 2.76. The van der Waals surface area contributed by atoms with Gasteiger partial charge in [0, 0.05) is 11.5 Å². The molecule has 0 saturated heterocycles. The van der Waals surface area contributed by atoms with Gasteiger partial charge >= 0.3 is 0 Å². The summed E-state index contributed by atoms with van der Waals surface area (Å²) in [6.45, 7) is 2.05. The molecule has 98 valence electrons. The van der Waals surface area contributed by atoms with E-state index in [0.29, 0.717) is 11.3 Å². The summed E-state index contributed by atoms with van der Waals surface area (Å²) in [5.74, 6) is 0.661. The minimum atomic E-state index is -1.02. The van der Waals surface area contributed by atoms with Crippen LogP contribution in [0.5, 0.6) is 5.75 Å². The van der Waals surface area contributed by atoms with Gasteiger partial charge in [0.2, 0.25) is 0 Å². The fraction of sp³-hybridized carbons (Fsp3) is 0.500. The topological polar surface area (TPSA) is 98.5 Å². The maximum absolute atomic E-state index is 9.96. The SMILES string of the molecule is COc1cc(C(O)C(O)CCN=[N+]=[N-])ccc1C. The van der Waals surface area contributed by atoms with Crippen molar-refractivity contribution < 1.29 is 14.9 Å². The Hall–Kier alpha value is -1.75. The molecule has 0 saturated carbocycles. The zero-order chi connectivity index (χ0) is 13.5. The molecule has 18 heavy (non-hydrogen) atoms. The quantitative estimate of drug-likeness (QED) is 0.460. The van der Waals surface area contributed by atoms with Crippen LogP contribution < -0.4 is 4.74 Å². The molecule has 0 bridgehead atoms. The highest BCUT2D eigenvalue weighted by atomic mass is 16.5. The van der Waals surface area contributed by atoms with Crippen molar-refractivity contribution in [3.8, 4) is 5.75 Å². The predicted molar refractivity (Wildman–Crippen MR) is 67.3 cm³/mol. The number of hydrogen-bond acceptors (Lipinski definition) is 4. The highest BCUT2D eigenvalue weighted by Crippen LogP contribution is 2.25. The van der Waals surface area contributed by atoms with Gasteiger partial charge in [-0.2, -0.15) is 0 Å². The first-order valence-electron chi connectivity index (χ1n) is 5.61. The summed E-state index contributed by atoms with van der Waals surface area (Å²) < 4.78 is 5.15. The number of aryl methyl sites for hydroxylation is 1. The van der Waals surface area contributed by atoms with Crippen molar-refractivity contribution in [3.05, 3.63) is 39.8 Å². The summed E-state index contributed by atoms with van der Waals surface area (Å²) >= 11 is 0. The van der Waals surface area contributed by atoms with Gasteiger partial charge in [-0.05, 0) is 36.1 Å². The van der Waals surface area contributed by atoms with E-state index in [-0.39, 0.29) is 13.0 Å². The Morgan fingerprint density at radius 3 is 2.78 bits per heavy atom. The lowest BCUT2D eigenvalue weighted by molar-refractivity contribution is 0.0149. The van der Waals surface area contributed by atoms with E-state index < -0.39 is 12.2 Å². The van der Waals surface area contributed by atoms with Gasteiger partial charge in [-0.3, -0.25) is 0 Å². The van der Waals surface area contributed by atoms with Gasteiger partial charge in [0.1, 0.15) is 11.9 Å². The molecular formula is C12H17N3O3. The molecule has 2 N–H and O–H groups in total. The highest BCUT2D eigenvalue weighted by molar-refractivity contribution is 5.37. The number of azide groups is 1. The number of aliphatic hydroxyl groups excluding tert-OH is 2. The molecule has 0 aromatic heterocycles. The first-order chi connectivity index (χ1) is 8.60. The Kier molecular flexibility index (Phi) is 5.45. The molecule has 1 aromatic carbocycles. The van der Waals surface area contributed by atoms with Crippen molar-refractivity contribution >= 4 is 0 Å². The van der Waals surface area contributed by atoms with E-state index in [2.05, 4.69) is 10.0 Å². The van der Waals surface area contributed by atoms with Crippen LogP contribution in [0.15, 0.2) is 23.3 Å². The van der Waals surface area contributed by atoms with Crippen molar-refractivity contribution in [2.75, 3.05) is 13.7 Å². The molecule has 2 atom stereocenters. The Morgan fingerprint density at radius 1 is 1.44 bits per heavy atom. The summed E-state index contributed by atoms with van der Waals surface area (Å²) in [4.78, 5) is 2.59. The number of hydrogen-bond donors (Lipinski definition) is 2. The lowest BCUT2D eigenvalue weighted by Crippen LogP contribution is -2.19.